The summed E-state index contributed by atoms with van der Waals surface area (Å²) >= 11 is 0. The first kappa shape index (κ1) is 19.2. The summed E-state index contributed by atoms with van der Waals surface area (Å²) < 4.78 is 5.39. The lowest BCUT2D eigenvalue weighted by Gasteiger charge is -2.30. The Hall–Kier alpha value is -2.08. The van der Waals surface area contributed by atoms with E-state index >= 15 is 0 Å². The zero-order chi connectivity index (χ0) is 18.4. The van der Waals surface area contributed by atoms with Crippen LogP contribution in [0.3, 0.4) is 0 Å². The average Bonchev–Trinajstić information content (AvgIpc) is 3.13. The topological polar surface area (TPSA) is 70.7 Å². The molecule has 6 heteroatoms. The van der Waals surface area contributed by atoms with Crippen LogP contribution in [0.2, 0.25) is 0 Å². The van der Waals surface area contributed by atoms with Gasteiger partial charge in [0.05, 0.1) is 6.61 Å². The average molecular weight is 347 g/mol. The third-order valence-corrected chi connectivity index (χ3v) is 4.58. The van der Waals surface area contributed by atoms with Crippen molar-refractivity contribution in [1.29, 1.82) is 0 Å². The number of carbonyl (C=O) groups excluding carboxylic acids is 2. The van der Waals surface area contributed by atoms with Gasteiger partial charge in [-0.3, -0.25) is 9.59 Å². The Kier molecular flexibility index (Phi) is 6.82. The van der Waals surface area contributed by atoms with E-state index in [2.05, 4.69) is 10.6 Å². The van der Waals surface area contributed by atoms with Gasteiger partial charge in [-0.25, -0.2) is 0 Å². The predicted molar refractivity (Wildman–Crippen MR) is 97.7 cm³/mol. The molecule has 1 aliphatic rings. The van der Waals surface area contributed by atoms with Crippen LogP contribution in [0, 0.1) is 5.92 Å². The number of likely N-dealkylation sites (N-methyl/N-ethyl adjacent to an activating group) is 1. The molecule has 0 saturated carbocycles. The number of carbonyl (C=O) groups is 2. The van der Waals surface area contributed by atoms with Crippen LogP contribution in [-0.4, -0.2) is 55.5 Å². The zero-order valence-electron chi connectivity index (χ0n) is 15.5. The van der Waals surface area contributed by atoms with E-state index in [1.165, 1.54) is 0 Å². The number of benzene rings is 1. The molecule has 1 aliphatic heterocycles. The predicted octanol–water partition coefficient (Wildman–Crippen LogP) is 1.66. The van der Waals surface area contributed by atoms with E-state index in [-0.39, 0.29) is 23.8 Å². The Morgan fingerprint density at radius 2 is 2.00 bits per heavy atom. The van der Waals surface area contributed by atoms with Crippen LogP contribution in [0.4, 0.5) is 0 Å². The Morgan fingerprint density at radius 3 is 2.52 bits per heavy atom. The highest BCUT2D eigenvalue weighted by Gasteiger charge is 2.31. The lowest BCUT2D eigenvalue weighted by atomic mass is 10.0. The van der Waals surface area contributed by atoms with E-state index in [4.69, 9.17) is 4.74 Å². The van der Waals surface area contributed by atoms with Crippen molar-refractivity contribution in [2.24, 2.45) is 5.92 Å². The molecule has 1 saturated heterocycles. The lowest BCUT2D eigenvalue weighted by Crippen LogP contribution is -2.53. The molecule has 1 aromatic carbocycles. The van der Waals surface area contributed by atoms with E-state index < -0.39 is 6.04 Å². The van der Waals surface area contributed by atoms with E-state index in [0.29, 0.717) is 12.2 Å². The van der Waals surface area contributed by atoms with Crippen molar-refractivity contribution in [2.45, 2.75) is 39.3 Å². The maximum atomic E-state index is 12.8. The smallest absolute Gasteiger partial charge is 0.251 e. The van der Waals surface area contributed by atoms with Crippen molar-refractivity contribution < 1.29 is 14.3 Å². The molecule has 25 heavy (non-hydrogen) atoms. The summed E-state index contributed by atoms with van der Waals surface area (Å²) in [6.45, 7) is 8.12. The van der Waals surface area contributed by atoms with Gasteiger partial charge in [0.15, 0.2) is 0 Å². The number of rotatable bonds is 7. The highest BCUT2D eigenvalue weighted by Crippen LogP contribution is 2.15. The van der Waals surface area contributed by atoms with E-state index in [9.17, 15) is 9.59 Å². The van der Waals surface area contributed by atoms with Gasteiger partial charge in [0.2, 0.25) is 5.91 Å². The molecule has 2 N–H and O–H groups in total. The normalized spacial score (nSPS) is 18.0. The van der Waals surface area contributed by atoms with Gasteiger partial charge in [-0.15, -0.1) is 0 Å². The van der Waals surface area contributed by atoms with Gasteiger partial charge in [-0.1, -0.05) is 13.8 Å². The lowest BCUT2D eigenvalue weighted by molar-refractivity contribution is -0.134. The van der Waals surface area contributed by atoms with Crippen LogP contribution in [0.25, 0.3) is 0 Å². The standard InChI is InChI=1S/C19H29N3O3/c1-5-25-16-8-6-14(7-9-16)18(23)21-17(13(2)3)19(24)22(4)15-10-11-20-12-15/h6-9,13,15,17,20H,5,10-12H2,1-4H3,(H,21,23). The molecule has 6 nitrogen and oxygen atoms in total. The Labute approximate surface area is 149 Å². The molecule has 1 fully saturated rings. The van der Waals surface area contributed by atoms with Gasteiger partial charge >= 0.3 is 0 Å². The number of amides is 2. The number of ether oxygens (including phenoxy) is 1. The minimum Gasteiger partial charge on any atom is -0.494 e. The van der Waals surface area contributed by atoms with Gasteiger partial charge in [0, 0.05) is 25.2 Å². The van der Waals surface area contributed by atoms with Crippen LogP contribution >= 0.6 is 0 Å². The van der Waals surface area contributed by atoms with Crippen molar-refractivity contribution >= 4 is 11.8 Å². The summed E-state index contributed by atoms with van der Waals surface area (Å²) in [5.41, 5.74) is 0.520. The monoisotopic (exact) mass is 347 g/mol. The highest BCUT2D eigenvalue weighted by molar-refractivity contribution is 5.97. The molecule has 2 atom stereocenters. The summed E-state index contributed by atoms with van der Waals surface area (Å²) in [5, 5.41) is 6.16. The minimum absolute atomic E-state index is 0.0101. The van der Waals surface area contributed by atoms with Crippen molar-refractivity contribution in [1.82, 2.24) is 15.5 Å². The second-order valence-electron chi connectivity index (χ2n) is 6.75. The number of nitrogens with zero attached hydrogens (tertiary/aromatic N) is 1. The first-order valence-electron chi connectivity index (χ1n) is 8.95. The van der Waals surface area contributed by atoms with Gasteiger partial charge in [0.25, 0.3) is 5.91 Å². The van der Waals surface area contributed by atoms with E-state index in [1.54, 1.807) is 29.2 Å². The first-order chi connectivity index (χ1) is 11.9. The van der Waals surface area contributed by atoms with E-state index in [1.807, 2.05) is 27.8 Å². The fraction of sp³-hybridized carbons (Fsp3) is 0.579. The molecule has 0 spiro atoms. The van der Waals surface area contributed by atoms with Gasteiger partial charge in [-0.05, 0) is 50.1 Å². The third kappa shape index (κ3) is 4.95. The van der Waals surface area contributed by atoms with Crippen molar-refractivity contribution in [3.05, 3.63) is 29.8 Å². The Morgan fingerprint density at radius 1 is 1.32 bits per heavy atom. The second kappa shape index (κ2) is 8.85. The molecule has 138 valence electrons. The molecule has 0 bridgehead atoms. The zero-order valence-corrected chi connectivity index (χ0v) is 15.5. The third-order valence-electron chi connectivity index (χ3n) is 4.58. The van der Waals surface area contributed by atoms with Gasteiger partial charge in [0.1, 0.15) is 11.8 Å². The van der Waals surface area contributed by atoms with Gasteiger partial charge in [-0.2, -0.15) is 0 Å². The Bertz CT molecular complexity index is 580. The fourth-order valence-electron chi connectivity index (χ4n) is 2.98. The molecular formula is C19H29N3O3. The minimum atomic E-state index is -0.537. The molecule has 0 aromatic heterocycles. The first-order valence-corrected chi connectivity index (χ1v) is 8.95. The van der Waals surface area contributed by atoms with Crippen molar-refractivity contribution in [2.75, 3.05) is 26.7 Å². The summed E-state index contributed by atoms with van der Waals surface area (Å²) in [5.74, 6) is 0.455. The van der Waals surface area contributed by atoms with E-state index in [0.717, 1.165) is 25.3 Å². The quantitative estimate of drug-likeness (QED) is 0.787. The molecule has 1 heterocycles. The highest BCUT2D eigenvalue weighted by atomic mass is 16.5. The molecular weight excluding hydrogens is 318 g/mol. The number of hydrogen-bond donors (Lipinski definition) is 2. The summed E-state index contributed by atoms with van der Waals surface area (Å²) in [6.07, 6.45) is 0.944. The molecule has 2 rings (SSSR count). The number of nitrogens with one attached hydrogen (secondary N) is 2. The molecule has 0 aliphatic carbocycles. The molecule has 1 aromatic rings. The summed E-state index contributed by atoms with van der Waals surface area (Å²) in [7, 11) is 1.82. The maximum Gasteiger partial charge on any atom is 0.251 e. The molecule has 2 amide bonds. The Balaban J connectivity index is 2.04. The summed E-state index contributed by atoms with van der Waals surface area (Å²) in [4.78, 5) is 27.2. The fourth-order valence-corrected chi connectivity index (χ4v) is 2.98. The van der Waals surface area contributed by atoms with Gasteiger partial charge < -0.3 is 20.3 Å². The van der Waals surface area contributed by atoms with Crippen LogP contribution in [-0.2, 0) is 4.79 Å². The molecule has 2 unspecified atom stereocenters. The maximum absolute atomic E-state index is 12.8. The SMILES string of the molecule is CCOc1ccc(C(=O)NC(C(=O)N(C)C2CCNC2)C(C)C)cc1. The van der Waals surface area contributed by atoms with Crippen LogP contribution in [0.1, 0.15) is 37.6 Å². The summed E-state index contributed by atoms with van der Waals surface area (Å²) in [6, 6.07) is 6.61. The van der Waals surface area contributed by atoms with Crippen LogP contribution < -0.4 is 15.4 Å². The largest absolute Gasteiger partial charge is 0.494 e. The van der Waals surface area contributed by atoms with Crippen molar-refractivity contribution in [3.8, 4) is 5.75 Å². The number of hydrogen-bond acceptors (Lipinski definition) is 4. The second-order valence-corrected chi connectivity index (χ2v) is 6.75. The van der Waals surface area contributed by atoms with Crippen LogP contribution in [0.15, 0.2) is 24.3 Å². The molecule has 0 radical (unpaired) electrons. The van der Waals surface area contributed by atoms with Crippen LogP contribution in [0.5, 0.6) is 5.75 Å². The van der Waals surface area contributed by atoms with Crippen molar-refractivity contribution in [3.63, 3.8) is 0 Å².